The molecule has 1 aliphatic carbocycles. The van der Waals surface area contributed by atoms with Gasteiger partial charge in [-0.15, -0.1) is 22.7 Å². The molecule has 0 spiro atoms. The quantitative estimate of drug-likeness (QED) is 0.401. The van der Waals surface area contributed by atoms with Crippen molar-refractivity contribution >= 4 is 54.7 Å². The largest absolute Gasteiger partial charge is 0.477 e. The van der Waals surface area contributed by atoms with Crippen LogP contribution in [0.25, 0.3) is 30.9 Å². The summed E-state index contributed by atoms with van der Waals surface area (Å²) in [5.41, 5.74) is 4.75. The van der Waals surface area contributed by atoms with Gasteiger partial charge in [-0.2, -0.15) is 4.98 Å². The van der Waals surface area contributed by atoms with Crippen molar-refractivity contribution in [2.45, 2.75) is 32.6 Å². The molecular weight excluding hydrogens is 386 g/mol. The molecule has 1 aliphatic rings. The molecule has 0 radical (unpaired) electrons. The number of halogens is 1. The van der Waals surface area contributed by atoms with Crippen LogP contribution in [0.2, 0.25) is 5.28 Å². The lowest BCUT2D eigenvalue weighted by atomic mass is 9.90. The Morgan fingerprint density at radius 1 is 1.19 bits per heavy atom. The molecule has 4 aromatic heterocycles. The van der Waals surface area contributed by atoms with Crippen LogP contribution < -0.4 is 4.74 Å². The van der Waals surface area contributed by atoms with E-state index in [4.69, 9.17) is 21.3 Å². The molecule has 0 atom stereocenters. The van der Waals surface area contributed by atoms with Gasteiger partial charge >= 0.3 is 0 Å². The average Bonchev–Trinajstić information content (AvgIpc) is 3.28. The normalized spacial score (nSPS) is 14.1. The molecule has 0 aliphatic heterocycles. The summed E-state index contributed by atoms with van der Waals surface area (Å²) in [6.07, 6.45) is 4.53. The predicted molar refractivity (Wildman–Crippen MR) is 109 cm³/mol. The summed E-state index contributed by atoms with van der Waals surface area (Å²) in [6, 6.07) is 4.29. The van der Waals surface area contributed by atoms with Gasteiger partial charge < -0.3 is 4.74 Å². The third kappa shape index (κ3) is 2.51. The number of ether oxygens (including phenoxy) is 1. The fourth-order valence-electron chi connectivity index (χ4n) is 3.70. The van der Waals surface area contributed by atoms with Crippen LogP contribution in [0.15, 0.2) is 17.5 Å². The minimum absolute atomic E-state index is 0.218. The molecule has 0 fully saturated rings. The van der Waals surface area contributed by atoms with Gasteiger partial charge in [0.1, 0.15) is 15.0 Å². The molecule has 0 saturated carbocycles. The maximum absolute atomic E-state index is 6.22. The minimum atomic E-state index is 0.218. The summed E-state index contributed by atoms with van der Waals surface area (Å²) in [6.45, 7) is 2.49. The number of aryl methyl sites for hydroxylation is 1. The number of aromatic nitrogens is 3. The van der Waals surface area contributed by atoms with E-state index in [9.17, 15) is 0 Å². The van der Waals surface area contributed by atoms with Crippen molar-refractivity contribution in [2.24, 2.45) is 0 Å². The van der Waals surface area contributed by atoms with Gasteiger partial charge in [0.05, 0.1) is 6.61 Å². The second-order valence-electron chi connectivity index (χ2n) is 6.29. The number of pyridine rings is 1. The minimum Gasteiger partial charge on any atom is -0.477 e. The molecule has 0 unspecified atom stereocenters. The predicted octanol–water partition coefficient (Wildman–Crippen LogP) is 5.90. The van der Waals surface area contributed by atoms with Crippen LogP contribution in [0, 0.1) is 0 Å². The van der Waals surface area contributed by atoms with Crippen molar-refractivity contribution < 1.29 is 4.74 Å². The van der Waals surface area contributed by atoms with Crippen molar-refractivity contribution in [3.63, 3.8) is 0 Å². The summed E-state index contributed by atoms with van der Waals surface area (Å²) in [5.74, 6) is 0.556. The zero-order valence-electron chi connectivity index (χ0n) is 14.2. The van der Waals surface area contributed by atoms with Crippen molar-refractivity contribution in [3.8, 4) is 16.3 Å². The molecule has 132 valence electrons. The molecule has 0 N–H and O–H groups in total. The Bertz CT molecular complexity index is 1120. The van der Waals surface area contributed by atoms with Crippen LogP contribution in [0.5, 0.6) is 5.88 Å². The Kier molecular flexibility index (Phi) is 4.07. The zero-order chi connectivity index (χ0) is 17.7. The first-order chi connectivity index (χ1) is 12.8. The number of nitrogens with zero attached hydrogens (tertiary/aromatic N) is 3. The number of fused-ring (bicyclic) bond motifs is 4. The first-order valence-electron chi connectivity index (χ1n) is 8.74. The molecule has 4 aromatic rings. The van der Waals surface area contributed by atoms with Gasteiger partial charge in [0.2, 0.25) is 11.2 Å². The van der Waals surface area contributed by atoms with E-state index in [0.29, 0.717) is 12.5 Å². The third-order valence-corrected chi connectivity index (χ3v) is 6.85. The Balaban J connectivity index is 1.95. The molecule has 7 heteroatoms. The molecular formula is C19H16ClN3OS2. The summed E-state index contributed by atoms with van der Waals surface area (Å²) in [4.78, 5) is 16.1. The van der Waals surface area contributed by atoms with E-state index < -0.39 is 0 Å². The standard InChI is InChI=1S/C19H16ClN3OS2/c1-2-24-17-16-15(22-19(20)23-17)14-13(12-8-5-9-25-12)10-6-3-4-7-11(10)21-18(14)26-16/h5,8-9H,2-4,6-7H2,1H3. The summed E-state index contributed by atoms with van der Waals surface area (Å²) >= 11 is 9.59. The van der Waals surface area contributed by atoms with Gasteiger partial charge in [-0.1, -0.05) is 6.07 Å². The lowest BCUT2D eigenvalue weighted by molar-refractivity contribution is 0.331. The Morgan fingerprint density at radius 3 is 2.88 bits per heavy atom. The molecule has 5 rings (SSSR count). The molecule has 0 amide bonds. The highest BCUT2D eigenvalue weighted by Gasteiger charge is 2.25. The van der Waals surface area contributed by atoms with Crippen molar-refractivity contribution in [1.82, 2.24) is 15.0 Å². The number of rotatable bonds is 3. The van der Waals surface area contributed by atoms with Crippen LogP contribution >= 0.6 is 34.3 Å². The van der Waals surface area contributed by atoms with E-state index >= 15 is 0 Å². The SMILES string of the molecule is CCOc1nc(Cl)nc2c1sc1nc3c(c(-c4cccs4)c12)CCCC3. The Morgan fingerprint density at radius 2 is 2.08 bits per heavy atom. The van der Waals surface area contributed by atoms with Gasteiger partial charge in [-0.3, -0.25) is 0 Å². The van der Waals surface area contributed by atoms with E-state index in [0.717, 1.165) is 33.3 Å². The van der Waals surface area contributed by atoms with Gasteiger partial charge in [0.25, 0.3) is 0 Å². The van der Waals surface area contributed by atoms with Gasteiger partial charge in [-0.25, -0.2) is 9.97 Å². The summed E-state index contributed by atoms with van der Waals surface area (Å²) in [7, 11) is 0. The fourth-order valence-corrected chi connectivity index (χ4v) is 5.75. The maximum Gasteiger partial charge on any atom is 0.236 e. The number of thiophene rings is 2. The van der Waals surface area contributed by atoms with Gasteiger partial charge in [-0.05, 0) is 61.2 Å². The highest BCUT2D eigenvalue weighted by atomic mass is 35.5. The zero-order valence-corrected chi connectivity index (χ0v) is 16.6. The van der Waals surface area contributed by atoms with Crippen molar-refractivity contribution in [2.75, 3.05) is 6.61 Å². The molecule has 0 bridgehead atoms. The molecule has 0 saturated heterocycles. The van der Waals surface area contributed by atoms with E-state index in [1.165, 1.54) is 34.5 Å². The summed E-state index contributed by atoms with van der Waals surface area (Å²) in [5, 5.41) is 3.44. The fraction of sp³-hybridized carbons (Fsp3) is 0.316. The van der Waals surface area contributed by atoms with Crippen LogP contribution in [0.3, 0.4) is 0 Å². The van der Waals surface area contributed by atoms with Gasteiger partial charge in [0.15, 0.2) is 0 Å². The van der Waals surface area contributed by atoms with Crippen LogP contribution in [-0.4, -0.2) is 21.6 Å². The first kappa shape index (κ1) is 16.4. The van der Waals surface area contributed by atoms with E-state index in [-0.39, 0.29) is 5.28 Å². The number of hydrogen-bond acceptors (Lipinski definition) is 6. The van der Waals surface area contributed by atoms with Crippen LogP contribution in [0.1, 0.15) is 31.0 Å². The van der Waals surface area contributed by atoms with Crippen molar-refractivity contribution in [3.05, 3.63) is 34.1 Å². The van der Waals surface area contributed by atoms with E-state index in [1.54, 1.807) is 22.7 Å². The highest BCUT2D eigenvalue weighted by molar-refractivity contribution is 7.26. The average molecular weight is 402 g/mol. The Hall–Kier alpha value is -1.76. The monoisotopic (exact) mass is 401 g/mol. The third-order valence-electron chi connectivity index (χ3n) is 4.73. The van der Waals surface area contributed by atoms with Crippen molar-refractivity contribution in [1.29, 1.82) is 0 Å². The lowest BCUT2D eigenvalue weighted by Gasteiger charge is -2.19. The van der Waals surface area contributed by atoms with E-state index in [2.05, 4.69) is 27.5 Å². The second kappa shape index (κ2) is 6.44. The lowest BCUT2D eigenvalue weighted by Crippen LogP contribution is -2.07. The molecule has 26 heavy (non-hydrogen) atoms. The van der Waals surface area contributed by atoms with Gasteiger partial charge in [0, 0.05) is 21.5 Å². The highest BCUT2D eigenvalue weighted by Crippen LogP contribution is 2.46. The molecule has 4 nitrogen and oxygen atoms in total. The van der Waals surface area contributed by atoms with Crippen LogP contribution in [-0.2, 0) is 12.8 Å². The summed E-state index contributed by atoms with van der Waals surface area (Å²) < 4.78 is 6.66. The second-order valence-corrected chi connectivity index (χ2v) is 8.57. The number of hydrogen-bond donors (Lipinski definition) is 0. The van der Waals surface area contributed by atoms with Crippen LogP contribution in [0.4, 0.5) is 0 Å². The van der Waals surface area contributed by atoms with E-state index in [1.807, 2.05) is 6.92 Å². The topological polar surface area (TPSA) is 47.9 Å². The molecule has 4 heterocycles. The Labute approximate surface area is 163 Å². The maximum atomic E-state index is 6.22. The smallest absolute Gasteiger partial charge is 0.236 e. The first-order valence-corrected chi connectivity index (χ1v) is 10.8. The molecule has 0 aromatic carbocycles.